The molecule has 0 N–H and O–H groups in total. The first-order chi connectivity index (χ1) is 13.5. The highest BCUT2D eigenvalue weighted by Crippen LogP contribution is 2.33. The maximum atomic E-state index is 5.93. The van der Waals surface area contributed by atoms with Crippen LogP contribution >= 0.6 is 0 Å². The Morgan fingerprint density at radius 1 is 0.714 bits per heavy atom. The molecule has 0 fully saturated rings. The summed E-state index contributed by atoms with van der Waals surface area (Å²) in [6.07, 6.45) is 0.973. The molecule has 0 aliphatic rings. The molecule has 0 saturated carbocycles. The Bertz CT molecular complexity index is 847. The van der Waals surface area contributed by atoms with Crippen molar-refractivity contribution in [3.05, 3.63) is 107 Å². The van der Waals surface area contributed by atoms with E-state index in [1.54, 1.807) is 0 Å². The van der Waals surface area contributed by atoms with E-state index in [4.69, 9.17) is 4.74 Å². The van der Waals surface area contributed by atoms with Gasteiger partial charge in [-0.05, 0) is 52.6 Å². The molecule has 0 atom stereocenters. The Morgan fingerprint density at radius 3 is 2.00 bits per heavy atom. The molecular weight excluding hydrogens is 340 g/mol. The molecule has 0 spiro atoms. The van der Waals surface area contributed by atoms with Crippen LogP contribution in [-0.2, 0) is 13.0 Å². The van der Waals surface area contributed by atoms with Crippen LogP contribution in [0.1, 0.15) is 55.9 Å². The van der Waals surface area contributed by atoms with Crippen molar-refractivity contribution in [1.29, 1.82) is 0 Å². The minimum atomic E-state index is 0.508. The van der Waals surface area contributed by atoms with Crippen LogP contribution in [0.25, 0.3) is 0 Å². The average Bonchev–Trinajstić information content (AvgIpc) is 2.72. The fourth-order valence-electron chi connectivity index (χ4n) is 3.57. The van der Waals surface area contributed by atoms with E-state index in [-0.39, 0.29) is 0 Å². The highest BCUT2D eigenvalue weighted by molar-refractivity contribution is 5.43. The summed E-state index contributed by atoms with van der Waals surface area (Å²) in [5.74, 6) is 3.45. The fraction of sp³-hybridized carbons (Fsp3) is 0.296. The van der Waals surface area contributed by atoms with Crippen LogP contribution in [0, 0.1) is 11.8 Å². The lowest BCUT2D eigenvalue weighted by Gasteiger charge is -2.25. The van der Waals surface area contributed by atoms with Crippen molar-refractivity contribution in [3.63, 3.8) is 0 Å². The molecular formula is C27H31O. The van der Waals surface area contributed by atoms with Gasteiger partial charge in [-0.15, -0.1) is 0 Å². The fourth-order valence-corrected chi connectivity index (χ4v) is 3.57. The maximum Gasteiger partial charge on any atom is 0.119 e. The van der Waals surface area contributed by atoms with E-state index >= 15 is 0 Å². The molecule has 1 heteroatoms. The van der Waals surface area contributed by atoms with Gasteiger partial charge in [-0.3, -0.25) is 0 Å². The average molecular weight is 372 g/mol. The zero-order valence-corrected chi connectivity index (χ0v) is 17.5. The first-order valence-electron chi connectivity index (χ1n) is 10.2. The number of hydrogen-bond acceptors (Lipinski definition) is 1. The van der Waals surface area contributed by atoms with Gasteiger partial charge in [-0.25, -0.2) is 0 Å². The van der Waals surface area contributed by atoms with Crippen LogP contribution in [0.5, 0.6) is 5.75 Å². The number of hydrogen-bond donors (Lipinski definition) is 0. The standard InChI is InChI=1S/C27H31O/c1-20(2)25-12-8-9-13-26(25)27(21(3)4)18-22-14-16-24(17-15-22)28-19-23-10-6-5-7-11-23/h5-17,20-21H,18-19H2,1-4H3. The van der Waals surface area contributed by atoms with Crippen molar-refractivity contribution in [2.24, 2.45) is 5.92 Å². The van der Waals surface area contributed by atoms with Crippen molar-refractivity contribution >= 4 is 0 Å². The Kier molecular flexibility index (Phi) is 6.92. The van der Waals surface area contributed by atoms with Gasteiger partial charge in [0.15, 0.2) is 0 Å². The van der Waals surface area contributed by atoms with Crippen molar-refractivity contribution in [2.45, 2.75) is 46.6 Å². The molecule has 3 aromatic rings. The quantitative estimate of drug-likeness (QED) is 0.406. The molecule has 0 aromatic heterocycles. The largest absolute Gasteiger partial charge is 0.489 e. The van der Waals surface area contributed by atoms with E-state index in [0.29, 0.717) is 18.4 Å². The Morgan fingerprint density at radius 2 is 1.36 bits per heavy atom. The lowest BCUT2D eigenvalue weighted by Crippen LogP contribution is -2.14. The third kappa shape index (κ3) is 5.25. The highest BCUT2D eigenvalue weighted by atomic mass is 16.5. The first-order valence-corrected chi connectivity index (χ1v) is 10.2. The molecule has 0 aliphatic carbocycles. The van der Waals surface area contributed by atoms with E-state index in [0.717, 1.165) is 12.2 Å². The van der Waals surface area contributed by atoms with Crippen LogP contribution in [0.3, 0.4) is 0 Å². The maximum absolute atomic E-state index is 5.93. The molecule has 0 amide bonds. The summed E-state index contributed by atoms with van der Waals surface area (Å²) in [4.78, 5) is 0. The Balaban J connectivity index is 1.71. The second-order valence-electron chi connectivity index (χ2n) is 8.02. The van der Waals surface area contributed by atoms with Crippen LogP contribution in [0.4, 0.5) is 0 Å². The third-order valence-corrected chi connectivity index (χ3v) is 5.19. The molecule has 0 bridgehead atoms. The molecule has 0 unspecified atom stereocenters. The van der Waals surface area contributed by atoms with Gasteiger partial charge in [0.2, 0.25) is 0 Å². The molecule has 0 heterocycles. The summed E-state index contributed by atoms with van der Waals surface area (Å²) in [5.41, 5.74) is 5.37. The SMILES string of the molecule is CC(C)[C](Cc1ccc(OCc2ccccc2)cc1)c1ccccc1C(C)C. The van der Waals surface area contributed by atoms with Gasteiger partial charge in [-0.2, -0.15) is 0 Å². The van der Waals surface area contributed by atoms with Gasteiger partial charge >= 0.3 is 0 Å². The van der Waals surface area contributed by atoms with Crippen LogP contribution in [0.2, 0.25) is 0 Å². The number of benzene rings is 3. The van der Waals surface area contributed by atoms with Crippen LogP contribution in [0.15, 0.2) is 78.9 Å². The predicted octanol–water partition coefficient (Wildman–Crippen LogP) is 7.21. The summed E-state index contributed by atoms with van der Waals surface area (Å²) in [5, 5.41) is 0. The Labute approximate surface area is 170 Å². The predicted molar refractivity (Wildman–Crippen MR) is 119 cm³/mol. The van der Waals surface area contributed by atoms with Crippen LogP contribution in [-0.4, -0.2) is 0 Å². The highest BCUT2D eigenvalue weighted by Gasteiger charge is 2.21. The van der Waals surface area contributed by atoms with Gasteiger partial charge in [-0.1, -0.05) is 94.4 Å². The number of rotatable bonds is 8. The molecule has 145 valence electrons. The van der Waals surface area contributed by atoms with Crippen LogP contribution < -0.4 is 4.74 Å². The molecule has 28 heavy (non-hydrogen) atoms. The van der Waals surface area contributed by atoms with Gasteiger partial charge in [0, 0.05) is 5.92 Å². The second-order valence-corrected chi connectivity index (χ2v) is 8.02. The zero-order valence-electron chi connectivity index (χ0n) is 17.5. The van der Waals surface area contributed by atoms with Gasteiger partial charge < -0.3 is 4.74 Å². The minimum Gasteiger partial charge on any atom is -0.489 e. The number of ether oxygens (including phenoxy) is 1. The van der Waals surface area contributed by atoms with E-state index in [2.05, 4.69) is 88.4 Å². The third-order valence-electron chi connectivity index (χ3n) is 5.19. The monoisotopic (exact) mass is 371 g/mol. The normalized spacial score (nSPS) is 11.4. The van der Waals surface area contributed by atoms with E-state index in [1.165, 1.54) is 28.2 Å². The zero-order chi connectivity index (χ0) is 19.9. The van der Waals surface area contributed by atoms with Crippen molar-refractivity contribution in [1.82, 2.24) is 0 Å². The Hall–Kier alpha value is -2.54. The van der Waals surface area contributed by atoms with Gasteiger partial charge in [0.05, 0.1) is 0 Å². The molecule has 1 nitrogen and oxygen atoms in total. The summed E-state index contributed by atoms with van der Waals surface area (Å²) < 4.78 is 5.93. The minimum absolute atomic E-state index is 0.508. The second kappa shape index (κ2) is 9.59. The van der Waals surface area contributed by atoms with E-state index in [1.807, 2.05) is 18.2 Å². The van der Waals surface area contributed by atoms with E-state index < -0.39 is 0 Å². The molecule has 0 aliphatic heterocycles. The van der Waals surface area contributed by atoms with Crippen molar-refractivity contribution in [2.75, 3.05) is 0 Å². The lowest BCUT2D eigenvalue weighted by atomic mass is 9.79. The summed E-state index contributed by atoms with van der Waals surface area (Å²) >= 11 is 0. The van der Waals surface area contributed by atoms with Gasteiger partial charge in [0.1, 0.15) is 12.4 Å². The summed E-state index contributed by atoms with van der Waals surface area (Å²) in [7, 11) is 0. The summed E-state index contributed by atoms with van der Waals surface area (Å²) in [6, 6.07) is 27.7. The van der Waals surface area contributed by atoms with Gasteiger partial charge in [0.25, 0.3) is 0 Å². The van der Waals surface area contributed by atoms with E-state index in [9.17, 15) is 0 Å². The first kappa shape index (κ1) is 20.2. The summed E-state index contributed by atoms with van der Waals surface area (Å²) in [6.45, 7) is 9.74. The molecule has 0 saturated heterocycles. The topological polar surface area (TPSA) is 9.23 Å². The van der Waals surface area contributed by atoms with Crippen molar-refractivity contribution < 1.29 is 4.74 Å². The van der Waals surface area contributed by atoms with Crippen molar-refractivity contribution in [3.8, 4) is 5.75 Å². The molecule has 1 radical (unpaired) electrons. The molecule has 3 rings (SSSR count). The molecule has 3 aromatic carbocycles. The smallest absolute Gasteiger partial charge is 0.119 e. The lowest BCUT2D eigenvalue weighted by molar-refractivity contribution is 0.306.